The minimum atomic E-state index is -0.352. The first-order chi connectivity index (χ1) is 9.94. The number of nitrogens with zero attached hydrogens (tertiary/aromatic N) is 1. The zero-order chi connectivity index (χ0) is 15.5. The van der Waals surface area contributed by atoms with E-state index in [1.165, 1.54) is 10.6 Å². The Labute approximate surface area is 131 Å². The van der Waals surface area contributed by atoms with Crippen LogP contribution in [0.5, 0.6) is 0 Å². The molecule has 0 saturated heterocycles. The van der Waals surface area contributed by atoms with E-state index < -0.39 is 0 Å². The van der Waals surface area contributed by atoms with Crippen molar-refractivity contribution in [2.45, 2.75) is 64.8 Å². The minimum Gasteiger partial charge on any atom is -0.355 e. The number of nitrogens with two attached hydrogens (primary N) is 1. The van der Waals surface area contributed by atoms with Crippen molar-refractivity contribution in [3.8, 4) is 0 Å². The van der Waals surface area contributed by atoms with Gasteiger partial charge >= 0.3 is 0 Å². The lowest BCUT2D eigenvalue weighted by Gasteiger charge is -2.37. The maximum atomic E-state index is 12.3. The molecular weight excluding hydrogens is 282 g/mol. The first-order valence-electron chi connectivity index (χ1n) is 7.96. The molecule has 2 atom stereocenters. The van der Waals surface area contributed by atoms with Crippen LogP contribution < -0.4 is 11.1 Å². The van der Waals surface area contributed by atoms with Crippen molar-refractivity contribution in [3.05, 3.63) is 15.6 Å². The first-order valence-corrected chi connectivity index (χ1v) is 8.77. The minimum absolute atomic E-state index is 0.0458. The zero-order valence-corrected chi connectivity index (χ0v) is 14.2. The van der Waals surface area contributed by atoms with Crippen LogP contribution in [0.25, 0.3) is 0 Å². The Morgan fingerprint density at radius 3 is 2.90 bits per heavy atom. The normalized spacial score (nSPS) is 25.8. The van der Waals surface area contributed by atoms with Gasteiger partial charge in [0.1, 0.15) is 0 Å². The topological polar surface area (TPSA) is 68.0 Å². The zero-order valence-electron chi connectivity index (χ0n) is 13.4. The fourth-order valence-corrected chi connectivity index (χ4v) is 4.15. The second-order valence-corrected chi connectivity index (χ2v) is 7.60. The van der Waals surface area contributed by atoms with Gasteiger partial charge in [-0.05, 0) is 33.1 Å². The van der Waals surface area contributed by atoms with Crippen LogP contribution in [0.2, 0.25) is 0 Å². The molecule has 1 aliphatic rings. The Kier molecular flexibility index (Phi) is 5.38. The van der Waals surface area contributed by atoms with Gasteiger partial charge in [-0.25, -0.2) is 4.98 Å². The third-order valence-electron chi connectivity index (χ3n) is 4.48. The highest BCUT2D eigenvalue weighted by molar-refractivity contribution is 7.11. The van der Waals surface area contributed by atoms with Gasteiger partial charge in [-0.1, -0.05) is 19.8 Å². The summed E-state index contributed by atoms with van der Waals surface area (Å²) in [5.74, 6) is 0.0687. The van der Waals surface area contributed by atoms with Crippen LogP contribution in [-0.2, 0) is 17.6 Å². The average molecular weight is 309 g/mol. The summed E-state index contributed by atoms with van der Waals surface area (Å²) in [7, 11) is 0. The lowest BCUT2D eigenvalue weighted by atomic mass is 9.74. The lowest BCUT2D eigenvalue weighted by Crippen LogP contribution is -2.53. The number of nitrogens with one attached hydrogen (secondary N) is 1. The van der Waals surface area contributed by atoms with E-state index in [-0.39, 0.29) is 17.4 Å². The highest BCUT2D eigenvalue weighted by Crippen LogP contribution is 2.31. The van der Waals surface area contributed by atoms with Gasteiger partial charge in [0, 0.05) is 23.4 Å². The highest BCUT2D eigenvalue weighted by Gasteiger charge is 2.37. The maximum Gasteiger partial charge on any atom is 0.224 e. The monoisotopic (exact) mass is 309 g/mol. The van der Waals surface area contributed by atoms with E-state index in [0.717, 1.165) is 43.5 Å². The SMILES string of the molecule is CCc1nc(CCNC(=O)C2CCCCC2(C)N)sc1C. The molecule has 2 unspecified atom stereocenters. The largest absolute Gasteiger partial charge is 0.355 e. The van der Waals surface area contributed by atoms with Gasteiger partial charge in [-0.2, -0.15) is 0 Å². The molecule has 4 nitrogen and oxygen atoms in total. The lowest BCUT2D eigenvalue weighted by molar-refractivity contribution is -0.128. The van der Waals surface area contributed by atoms with Crippen molar-refractivity contribution in [2.24, 2.45) is 11.7 Å². The number of amides is 1. The molecule has 1 aromatic heterocycles. The van der Waals surface area contributed by atoms with Gasteiger partial charge in [0.2, 0.25) is 5.91 Å². The summed E-state index contributed by atoms with van der Waals surface area (Å²) >= 11 is 1.74. The van der Waals surface area contributed by atoms with Crippen LogP contribution in [0.1, 0.15) is 55.1 Å². The molecule has 0 radical (unpaired) electrons. The molecule has 3 N–H and O–H groups in total. The van der Waals surface area contributed by atoms with E-state index in [0.29, 0.717) is 6.54 Å². The number of aryl methyl sites for hydroxylation is 2. The highest BCUT2D eigenvalue weighted by atomic mass is 32.1. The number of hydrogen-bond acceptors (Lipinski definition) is 4. The van der Waals surface area contributed by atoms with Crippen molar-refractivity contribution >= 4 is 17.2 Å². The predicted octanol–water partition coefficient (Wildman–Crippen LogP) is 2.58. The second-order valence-electron chi connectivity index (χ2n) is 6.31. The van der Waals surface area contributed by atoms with Gasteiger partial charge in [-0.3, -0.25) is 4.79 Å². The number of aromatic nitrogens is 1. The number of rotatable bonds is 5. The van der Waals surface area contributed by atoms with E-state index >= 15 is 0 Å². The molecule has 0 bridgehead atoms. The van der Waals surface area contributed by atoms with E-state index in [1.807, 2.05) is 6.92 Å². The molecule has 0 aromatic carbocycles. The summed E-state index contributed by atoms with van der Waals surface area (Å²) in [6.45, 7) is 6.90. The summed E-state index contributed by atoms with van der Waals surface area (Å²) in [5.41, 5.74) is 7.11. The Hall–Kier alpha value is -0.940. The van der Waals surface area contributed by atoms with Crippen molar-refractivity contribution in [1.82, 2.24) is 10.3 Å². The van der Waals surface area contributed by atoms with E-state index in [9.17, 15) is 4.79 Å². The van der Waals surface area contributed by atoms with Crippen LogP contribution >= 0.6 is 11.3 Å². The van der Waals surface area contributed by atoms with Crippen molar-refractivity contribution < 1.29 is 4.79 Å². The Morgan fingerprint density at radius 1 is 1.52 bits per heavy atom. The summed E-state index contributed by atoms with van der Waals surface area (Å²) < 4.78 is 0. The maximum absolute atomic E-state index is 12.3. The molecule has 1 aromatic rings. The van der Waals surface area contributed by atoms with E-state index in [4.69, 9.17) is 5.73 Å². The van der Waals surface area contributed by atoms with Crippen LogP contribution in [0.15, 0.2) is 0 Å². The smallest absolute Gasteiger partial charge is 0.224 e. The van der Waals surface area contributed by atoms with Crippen molar-refractivity contribution in [3.63, 3.8) is 0 Å². The molecule has 0 aliphatic heterocycles. The molecule has 1 saturated carbocycles. The molecule has 2 rings (SSSR count). The number of carbonyl (C=O) groups is 1. The molecule has 118 valence electrons. The van der Waals surface area contributed by atoms with Gasteiger partial charge in [0.05, 0.1) is 16.6 Å². The van der Waals surface area contributed by atoms with Gasteiger partial charge < -0.3 is 11.1 Å². The van der Waals surface area contributed by atoms with Gasteiger partial charge in [-0.15, -0.1) is 11.3 Å². The summed E-state index contributed by atoms with van der Waals surface area (Å²) in [6.07, 6.45) is 5.88. The number of thiazole rings is 1. The standard InChI is InChI=1S/C16H27N3OS/c1-4-13-11(2)21-14(19-13)8-10-18-15(20)12-7-5-6-9-16(12,3)17/h12H,4-10,17H2,1-3H3,(H,18,20). The fraction of sp³-hybridized carbons (Fsp3) is 0.750. The van der Waals surface area contributed by atoms with Gasteiger partial charge in [0.15, 0.2) is 0 Å². The number of carbonyl (C=O) groups excluding carboxylic acids is 1. The van der Waals surface area contributed by atoms with E-state index in [1.54, 1.807) is 11.3 Å². The van der Waals surface area contributed by atoms with Crippen molar-refractivity contribution in [1.29, 1.82) is 0 Å². The predicted molar refractivity (Wildman–Crippen MR) is 87.5 cm³/mol. The fourth-order valence-electron chi connectivity index (χ4n) is 3.13. The van der Waals surface area contributed by atoms with Gasteiger partial charge in [0.25, 0.3) is 0 Å². The Morgan fingerprint density at radius 2 is 2.29 bits per heavy atom. The Balaban J connectivity index is 1.83. The first kappa shape index (κ1) is 16.4. The summed E-state index contributed by atoms with van der Waals surface area (Å²) in [5, 5.41) is 4.17. The summed E-state index contributed by atoms with van der Waals surface area (Å²) in [4.78, 5) is 18.2. The third kappa shape index (κ3) is 4.04. The number of hydrogen-bond donors (Lipinski definition) is 2. The quantitative estimate of drug-likeness (QED) is 0.878. The van der Waals surface area contributed by atoms with Crippen LogP contribution in [0, 0.1) is 12.8 Å². The average Bonchev–Trinajstić information content (AvgIpc) is 2.78. The molecular formula is C16H27N3OS. The summed E-state index contributed by atoms with van der Waals surface area (Å²) in [6, 6.07) is 0. The molecule has 1 fully saturated rings. The molecule has 1 heterocycles. The third-order valence-corrected chi connectivity index (χ3v) is 5.55. The van der Waals surface area contributed by atoms with Crippen LogP contribution in [0.4, 0.5) is 0 Å². The van der Waals surface area contributed by atoms with Crippen molar-refractivity contribution in [2.75, 3.05) is 6.54 Å². The molecule has 5 heteroatoms. The Bertz CT molecular complexity index is 496. The molecule has 21 heavy (non-hydrogen) atoms. The molecule has 1 aliphatic carbocycles. The van der Waals surface area contributed by atoms with Crippen LogP contribution in [-0.4, -0.2) is 23.0 Å². The molecule has 1 amide bonds. The second kappa shape index (κ2) is 6.88. The molecule has 0 spiro atoms. The van der Waals surface area contributed by atoms with Crippen LogP contribution in [0.3, 0.4) is 0 Å². The van der Waals surface area contributed by atoms with E-state index in [2.05, 4.69) is 24.1 Å².